The van der Waals surface area contributed by atoms with Crippen LogP contribution < -0.4 is 0 Å². The van der Waals surface area contributed by atoms with Gasteiger partial charge in [-0.3, -0.25) is 0 Å². The third kappa shape index (κ3) is 2.12. The fourth-order valence-corrected chi connectivity index (χ4v) is 1.44. The highest BCUT2D eigenvalue weighted by Gasteiger charge is 2.15. The fraction of sp³-hybridized carbons (Fsp3) is 0.273. The van der Waals surface area contributed by atoms with E-state index >= 15 is 0 Å². The number of halogens is 1. The number of allylic oxidation sites excluding steroid dienone is 1. The van der Waals surface area contributed by atoms with Crippen LogP contribution in [0.5, 0.6) is 0 Å². The highest BCUT2D eigenvalue weighted by Crippen LogP contribution is 2.24. The van der Waals surface area contributed by atoms with Gasteiger partial charge < -0.3 is 0 Å². The molecule has 0 unspecified atom stereocenters. The molecule has 1 heteroatoms. The molecular weight excluding hydrogens is 168 g/mol. The van der Waals surface area contributed by atoms with Gasteiger partial charge in [0.2, 0.25) is 0 Å². The van der Waals surface area contributed by atoms with Gasteiger partial charge in [-0.1, -0.05) is 61.9 Å². The molecule has 12 heavy (non-hydrogen) atoms. The van der Waals surface area contributed by atoms with Crippen molar-refractivity contribution in [1.82, 2.24) is 0 Å². The molecule has 0 spiro atoms. The highest BCUT2D eigenvalue weighted by atomic mass is 35.5. The quantitative estimate of drug-likeness (QED) is 0.651. The van der Waals surface area contributed by atoms with Gasteiger partial charge in [0.1, 0.15) is 0 Å². The van der Waals surface area contributed by atoms with Gasteiger partial charge in [-0.15, -0.1) is 0 Å². The molecule has 0 radical (unpaired) electrons. The van der Waals surface area contributed by atoms with Crippen molar-refractivity contribution in [3.8, 4) is 0 Å². The monoisotopic (exact) mass is 180 g/mol. The normalized spacial score (nSPS) is 12.2. The molecule has 0 saturated heterocycles. The summed E-state index contributed by atoms with van der Waals surface area (Å²) in [6.07, 6.45) is 1.99. The number of benzene rings is 1. The van der Waals surface area contributed by atoms with E-state index in [4.69, 9.17) is 11.6 Å². The molecule has 1 rings (SSSR count). The summed E-state index contributed by atoms with van der Waals surface area (Å²) >= 11 is 5.56. The molecule has 0 bridgehead atoms. The zero-order valence-electron chi connectivity index (χ0n) is 7.42. The Bertz CT molecular complexity index is 260. The molecule has 0 aliphatic heterocycles. The van der Waals surface area contributed by atoms with E-state index < -0.39 is 0 Å². The average Bonchev–Trinajstić information content (AvgIpc) is 2.06. The van der Waals surface area contributed by atoms with E-state index in [1.54, 1.807) is 5.54 Å². The van der Waals surface area contributed by atoms with Crippen molar-refractivity contribution in [3.63, 3.8) is 0 Å². The number of hydrogen-bond acceptors (Lipinski definition) is 0. The lowest BCUT2D eigenvalue weighted by molar-refractivity contribution is 0.671. The maximum Gasteiger partial charge on any atom is 0.00870 e. The largest absolute Gasteiger partial charge is 0.0933 e. The molecule has 1 aromatic carbocycles. The third-order valence-corrected chi connectivity index (χ3v) is 2.12. The van der Waals surface area contributed by atoms with Crippen LogP contribution in [0.25, 0.3) is 0 Å². The summed E-state index contributed by atoms with van der Waals surface area (Å²) in [6.45, 7) is 4.28. The van der Waals surface area contributed by atoms with Crippen molar-refractivity contribution < 1.29 is 0 Å². The molecule has 0 fully saturated rings. The van der Waals surface area contributed by atoms with Gasteiger partial charge in [-0.05, 0) is 5.56 Å². The summed E-state index contributed by atoms with van der Waals surface area (Å²) in [5.74, 6) is 0. The van der Waals surface area contributed by atoms with E-state index in [2.05, 4.69) is 26.0 Å². The summed E-state index contributed by atoms with van der Waals surface area (Å²) < 4.78 is 0. The standard InChI is InChI=1S/C11H13Cl/c1-11(2,8-9-12)10-6-4-3-5-7-10/h3-9H,1-2H3. The number of rotatable bonds is 2. The Labute approximate surface area is 78.9 Å². The summed E-state index contributed by atoms with van der Waals surface area (Å²) in [5, 5.41) is 0. The highest BCUT2D eigenvalue weighted by molar-refractivity contribution is 6.25. The molecule has 1 aromatic rings. The van der Waals surface area contributed by atoms with E-state index in [1.807, 2.05) is 24.3 Å². The first-order valence-electron chi connectivity index (χ1n) is 4.00. The maximum atomic E-state index is 5.56. The van der Waals surface area contributed by atoms with Crippen LogP contribution >= 0.6 is 11.6 Å². The van der Waals surface area contributed by atoms with Crippen LogP contribution in [0.15, 0.2) is 41.9 Å². The Morgan fingerprint density at radius 2 is 1.75 bits per heavy atom. The van der Waals surface area contributed by atoms with Gasteiger partial charge in [0.05, 0.1) is 0 Å². The Hall–Kier alpha value is -0.750. The summed E-state index contributed by atoms with van der Waals surface area (Å²) in [4.78, 5) is 0. The van der Waals surface area contributed by atoms with Crippen molar-refractivity contribution in [2.75, 3.05) is 0 Å². The number of hydrogen-bond donors (Lipinski definition) is 0. The van der Waals surface area contributed by atoms with E-state index in [0.29, 0.717) is 0 Å². The first kappa shape index (κ1) is 9.34. The van der Waals surface area contributed by atoms with Crippen LogP contribution in [0.2, 0.25) is 0 Å². The lowest BCUT2D eigenvalue weighted by Gasteiger charge is -2.19. The lowest BCUT2D eigenvalue weighted by Crippen LogP contribution is -2.12. The predicted molar refractivity (Wildman–Crippen MR) is 54.5 cm³/mol. The molecule has 0 N–H and O–H groups in total. The van der Waals surface area contributed by atoms with Gasteiger partial charge >= 0.3 is 0 Å². The summed E-state index contributed by atoms with van der Waals surface area (Å²) in [6, 6.07) is 10.3. The topological polar surface area (TPSA) is 0 Å². The van der Waals surface area contributed by atoms with E-state index in [0.717, 1.165) is 0 Å². The first-order chi connectivity index (χ1) is 5.67. The molecule has 0 aliphatic rings. The van der Waals surface area contributed by atoms with Gasteiger partial charge in [0.25, 0.3) is 0 Å². The second-order valence-corrected chi connectivity index (χ2v) is 3.63. The van der Waals surface area contributed by atoms with Gasteiger partial charge in [-0.2, -0.15) is 0 Å². The zero-order chi connectivity index (χ0) is 9.03. The van der Waals surface area contributed by atoms with Crippen molar-refractivity contribution in [1.29, 1.82) is 0 Å². The van der Waals surface area contributed by atoms with Gasteiger partial charge in [0.15, 0.2) is 0 Å². The van der Waals surface area contributed by atoms with Crippen LogP contribution in [0.3, 0.4) is 0 Å². The third-order valence-electron chi connectivity index (χ3n) is 2.00. The van der Waals surface area contributed by atoms with Crippen molar-refractivity contribution in [2.45, 2.75) is 19.3 Å². The maximum absolute atomic E-state index is 5.56. The van der Waals surface area contributed by atoms with Crippen molar-refractivity contribution in [2.24, 2.45) is 0 Å². The van der Waals surface area contributed by atoms with E-state index in [1.165, 1.54) is 5.56 Å². The van der Waals surface area contributed by atoms with Crippen molar-refractivity contribution >= 4 is 11.6 Å². The summed E-state index contributed by atoms with van der Waals surface area (Å²) in [5.41, 5.74) is 2.89. The van der Waals surface area contributed by atoms with Crippen LogP contribution in [-0.4, -0.2) is 0 Å². The van der Waals surface area contributed by atoms with Crippen LogP contribution in [0.1, 0.15) is 19.4 Å². The van der Waals surface area contributed by atoms with Crippen LogP contribution in [0.4, 0.5) is 0 Å². The summed E-state index contributed by atoms with van der Waals surface area (Å²) in [7, 11) is 0. The van der Waals surface area contributed by atoms with Gasteiger partial charge in [-0.25, -0.2) is 0 Å². The van der Waals surface area contributed by atoms with Crippen LogP contribution in [0, 0.1) is 0 Å². The molecule has 0 aromatic heterocycles. The molecule has 0 amide bonds. The average molecular weight is 181 g/mol. The molecule has 64 valence electrons. The van der Waals surface area contributed by atoms with Crippen molar-refractivity contribution in [3.05, 3.63) is 47.5 Å². The van der Waals surface area contributed by atoms with Crippen LogP contribution in [-0.2, 0) is 5.41 Å². The molecular formula is C11H13Cl. The SMILES string of the molecule is CC(C)(C=CCl)c1ccccc1. The fourth-order valence-electron chi connectivity index (χ4n) is 1.12. The second kappa shape index (κ2) is 3.77. The molecule has 0 heterocycles. The zero-order valence-corrected chi connectivity index (χ0v) is 8.18. The Balaban J connectivity index is 2.97. The van der Waals surface area contributed by atoms with Gasteiger partial charge in [0, 0.05) is 11.0 Å². The van der Waals surface area contributed by atoms with E-state index in [9.17, 15) is 0 Å². The molecule has 0 saturated carbocycles. The predicted octanol–water partition coefficient (Wildman–Crippen LogP) is 3.72. The second-order valence-electron chi connectivity index (χ2n) is 3.38. The minimum atomic E-state index is 0.0308. The Morgan fingerprint density at radius 3 is 2.25 bits per heavy atom. The molecule has 0 nitrogen and oxygen atoms in total. The van der Waals surface area contributed by atoms with E-state index in [-0.39, 0.29) is 5.41 Å². The molecule has 0 aliphatic carbocycles. The first-order valence-corrected chi connectivity index (χ1v) is 4.44. The molecule has 0 atom stereocenters. The minimum absolute atomic E-state index is 0.0308. The smallest absolute Gasteiger partial charge is 0.00870 e. The minimum Gasteiger partial charge on any atom is -0.0933 e. The Morgan fingerprint density at radius 1 is 1.17 bits per heavy atom. The Kier molecular flexibility index (Phi) is 2.93. The lowest BCUT2D eigenvalue weighted by atomic mass is 9.85.